The number of aromatic nitrogens is 2. The van der Waals surface area contributed by atoms with E-state index >= 15 is 0 Å². The van der Waals surface area contributed by atoms with Crippen LogP contribution in [0.25, 0.3) is 11.0 Å². The van der Waals surface area contributed by atoms with Crippen molar-refractivity contribution in [3.05, 3.63) is 30.1 Å². The first kappa shape index (κ1) is 10.5. The number of carbonyl (C=O) groups excluding carboxylic acids is 1. The normalized spacial score (nSPS) is 22.2. The maximum absolute atomic E-state index is 11.5. The van der Waals surface area contributed by atoms with Gasteiger partial charge in [-0.15, -0.1) is 0 Å². The molecule has 0 unspecified atom stereocenters. The highest BCUT2D eigenvalue weighted by Crippen LogP contribution is 2.27. The minimum Gasteiger partial charge on any atom is -0.341 e. The Morgan fingerprint density at radius 3 is 3.06 bits per heavy atom. The van der Waals surface area contributed by atoms with E-state index in [9.17, 15) is 4.79 Å². The van der Waals surface area contributed by atoms with Crippen LogP contribution in [0.3, 0.4) is 0 Å². The number of para-hydroxylation sites is 2. The average molecular weight is 229 g/mol. The molecule has 1 aromatic carbocycles. The number of H-pyrrole nitrogens is 1. The molecule has 1 aliphatic heterocycles. The fraction of sp³-hybridized carbons (Fsp3) is 0.385. The number of imidazole rings is 1. The smallest absolute Gasteiger partial charge is 0.136 e. The molecule has 0 spiro atoms. The van der Waals surface area contributed by atoms with E-state index < -0.39 is 0 Å². The Bertz CT molecular complexity index is 528. The molecule has 1 aromatic heterocycles. The number of hydrogen-bond donors (Lipinski definition) is 1. The van der Waals surface area contributed by atoms with Gasteiger partial charge in [0.15, 0.2) is 0 Å². The summed E-state index contributed by atoms with van der Waals surface area (Å²) in [6, 6.07) is 8.06. The van der Waals surface area contributed by atoms with Crippen LogP contribution in [0.5, 0.6) is 0 Å². The van der Waals surface area contributed by atoms with Crippen LogP contribution in [0.2, 0.25) is 0 Å². The molecule has 1 atom stereocenters. The lowest BCUT2D eigenvalue weighted by Gasteiger charge is -2.29. The minimum absolute atomic E-state index is 0.101. The number of piperidine rings is 1. The van der Waals surface area contributed by atoms with Crippen molar-refractivity contribution in [2.75, 3.05) is 13.6 Å². The summed E-state index contributed by atoms with van der Waals surface area (Å²) in [6.07, 6.45) is 1.23. The van der Waals surface area contributed by atoms with Crippen LogP contribution in [-0.4, -0.2) is 34.2 Å². The van der Waals surface area contributed by atoms with Gasteiger partial charge in [0, 0.05) is 19.4 Å². The standard InChI is InChI=1S/C13H15N3O/c1-16-7-6-9(17)8-12(16)13-14-10-4-2-3-5-11(10)15-13/h2-5,12H,6-8H2,1H3,(H,14,15)/t12-/m0/s1. The molecular formula is C13H15N3O. The summed E-state index contributed by atoms with van der Waals surface area (Å²) in [5.41, 5.74) is 2.00. The Hall–Kier alpha value is -1.68. The van der Waals surface area contributed by atoms with E-state index in [-0.39, 0.29) is 6.04 Å². The highest BCUT2D eigenvalue weighted by molar-refractivity contribution is 5.80. The predicted octanol–water partition coefficient (Wildman–Crippen LogP) is 1.90. The van der Waals surface area contributed by atoms with Gasteiger partial charge in [-0.2, -0.15) is 0 Å². The topological polar surface area (TPSA) is 49.0 Å². The van der Waals surface area contributed by atoms with Gasteiger partial charge in [-0.1, -0.05) is 12.1 Å². The van der Waals surface area contributed by atoms with Crippen molar-refractivity contribution in [1.82, 2.24) is 14.9 Å². The van der Waals surface area contributed by atoms with Gasteiger partial charge in [-0.05, 0) is 19.2 Å². The quantitative estimate of drug-likeness (QED) is 0.812. The van der Waals surface area contributed by atoms with Gasteiger partial charge in [0.2, 0.25) is 0 Å². The van der Waals surface area contributed by atoms with Crippen LogP contribution in [-0.2, 0) is 4.79 Å². The molecule has 17 heavy (non-hydrogen) atoms. The highest BCUT2D eigenvalue weighted by atomic mass is 16.1. The molecule has 2 heterocycles. The number of fused-ring (bicyclic) bond motifs is 1. The van der Waals surface area contributed by atoms with E-state index in [1.165, 1.54) is 0 Å². The van der Waals surface area contributed by atoms with Gasteiger partial charge >= 0.3 is 0 Å². The molecule has 1 fully saturated rings. The highest BCUT2D eigenvalue weighted by Gasteiger charge is 2.27. The van der Waals surface area contributed by atoms with Gasteiger partial charge in [0.05, 0.1) is 17.1 Å². The summed E-state index contributed by atoms with van der Waals surface area (Å²) in [7, 11) is 2.05. The van der Waals surface area contributed by atoms with Gasteiger partial charge in [-0.25, -0.2) is 4.98 Å². The van der Waals surface area contributed by atoms with Crippen molar-refractivity contribution in [2.45, 2.75) is 18.9 Å². The summed E-state index contributed by atoms with van der Waals surface area (Å²) in [6.45, 7) is 0.820. The molecule has 0 bridgehead atoms. The molecule has 3 rings (SSSR count). The monoisotopic (exact) mass is 229 g/mol. The Morgan fingerprint density at radius 1 is 1.41 bits per heavy atom. The van der Waals surface area contributed by atoms with Crippen LogP contribution in [0.4, 0.5) is 0 Å². The number of hydrogen-bond acceptors (Lipinski definition) is 3. The Labute approximate surface area is 99.6 Å². The van der Waals surface area contributed by atoms with E-state index in [2.05, 4.69) is 14.9 Å². The van der Waals surface area contributed by atoms with Crippen LogP contribution in [0.15, 0.2) is 24.3 Å². The van der Waals surface area contributed by atoms with Crippen LogP contribution < -0.4 is 0 Å². The van der Waals surface area contributed by atoms with Crippen molar-refractivity contribution in [3.8, 4) is 0 Å². The number of rotatable bonds is 1. The van der Waals surface area contributed by atoms with Gasteiger partial charge in [0.25, 0.3) is 0 Å². The lowest BCUT2D eigenvalue weighted by atomic mass is 10.0. The van der Waals surface area contributed by atoms with Crippen molar-refractivity contribution in [3.63, 3.8) is 0 Å². The largest absolute Gasteiger partial charge is 0.341 e. The first-order valence-electron chi connectivity index (χ1n) is 5.90. The van der Waals surface area contributed by atoms with E-state index in [1.54, 1.807) is 0 Å². The number of nitrogens with one attached hydrogen (secondary N) is 1. The van der Waals surface area contributed by atoms with Crippen molar-refractivity contribution < 1.29 is 4.79 Å². The van der Waals surface area contributed by atoms with E-state index in [0.29, 0.717) is 18.6 Å². The molecule has 4 heteroatoms. The Balaban J connectivity index is 1.99. The first-order chi connectivity index (χ1) is 8.24. The summed E-state index contributed by atoms with van der Waals surface area (Å²) >= 11 is 0. The summed E-state index contributed by atoms with van der Waals surface area (Å²) in [5, 5.41) is 0. The number of carbonyl (C=O) groups is 1. The van der Waals surface area contributed by atoms with Crippen LogP contribution in [0.1, 0.15) is 24.7 Å². The molecule has 88 valence electrons. The minimum atomic E-state index is 0.101. The summed E-state index contributed by atoms with van der Waals surface area (Å²) in [5.74, 6) is 1.23. The van der Waals surface area contributed by atoms with Crippen molar-refractivity contribution >= 4 is 16.8 Å². The number of nitrogens with zero attached hydrogens (tertiary/aromatic N) is 2. The number of aromatic amines is 1. The zero-order chi connectivity index (χ0) is 11.8. The Kier molecular flexibility index (Phi) is 2.44. The van der Waals surface area contributed by atoms with Crippen LogP contribution in [0, 0.1) is 0 Å². The maximum atomic E-state index is 11.5. The maximum Gasteiger partial charge on any atom is 0.136 e. The molecule has 1 aliphatic rings. The number of ketones is 1. The van der Waals surface area contributed by atoms with Crippen LogP contribution >= 0.6 is 0 Å². The SMILES string of the molecule is CN1CCC(=O)C[C@H]1c1nc2ccccc2[nH]1. The second-order valence-corrected chi connectivity index (χ2v) is 4.63. The fourth-order valence-corrected chi connectivity index (χ4v) is 2.37. The fourth-order valence-electron chi connectivity index (χ4n) is 2.37. The number of Topliss-reactive ketones (excluding diaryl/α,β-unsaturated/α-hetero) is 1. The van der Waals surface area contributed by atoms with Crippen molar-refractivity contribution in [2.24, 2.45) is 0 Å². The van der Waals surface area contributed by atoms with E-state index in [4.69, 9.17) is 0 Å². The first-order valence-corrected chi connectivity index (χ1v) is 5.90. The lowest BCUT2D eigenvalue weighted by Crippen LogP contribution is -2.34. The van der Waals surface area contributed by atoms with E-state index in [1.807, 2.05) is 31.3 Å². The molecule has 0 aliphatic carbocycles. The Morgan fingerprint density at radius 2 is 2.24 bits per heavy atom. The average Bonchev–Trinajstić information content (AvgIpc) is 2.75. The zero-order valence-corrected chi connectivity index (χ0v) is 9.81. The number of likely N-dealkylation sites (tertiary alicyclic amines) is 1. The molecule has 2 aromatic rings. The summed E-state index contributed by atoms with van der Waals surface area (Å²) in [4.78, 5) is 21.6. The van der Waals surface area contributed by atoms with Gasteiger partial charge < -0.3 is 4.98 Å². The lowest BCUT2D eigenvalue weighted by molar-refractivity contribution is -0.123. The third kappa shape index (κ3) is 1.85. The zero-order valence-electron chi connectivity index (χ0n) is 9.81. The van der Waals surface area contributed by atoms with Crippen molar-refractivity contribution in [1.29, 1.82) is 0 Å². The third-order valence-electron chi connectivity index (χ3n) is 3.42. The second-order valence-electron chi connectivity index (χ2n) is 4.63. The summed E-state index contributed by atoms with van der Waals surface area (Å²) < 4.78 is 0. The predicted molar refractivity (Wildman–Crippen MR) is 65.7 cm³/mol. The molecule has 1 saturated heterocycles. The molecule has 1 N–H and O–H groups in total. The molecular weight excluding hydrogens is 214 g/mol. The molecule has 4 nitrogen and oxygen atoms in total. The van der Waals surface area contributed by atoms with Gasteiger partial charge in [-0.3, -0.25) is 9.69 Å². The third-order valence-corrected chi connectivity index (χ3v) is 3.42. The molecule has 0 saturated carbocycles. The molecule has 0 amide bonds. The number of benzene rings is 1. The molecule has 0 radical (unpaired) electrons. The van der Waals surface area contributed by atoms with Gasteiger partial charge in [0.1, 0.15) is 11.6 Å². The van der Waals surface area contributed by atoms with E-state index in [0.717, 1.165) is 23.4 Å². The second kappa shape index (κ2) is 3.96.